The van der Waals surface area contributed by atoms with Gasteiger partial charge in [0, 0.05) is 27.9 Å². The molecule has 0 atom stereocenters. The van der Waals surface area contributed by atoms with Crippen molar-refractivity contribution in [3.8, 4) is 10.7 Å². The lowest BCUT2D eigenvalue weighted by molar-refractivity contribution is -0.136. The summed E-state index contributed by atoms with van der Waals surface area (Å²) in [7, 11) is 0. The van der Waals surface area contributed by atoms with Crippen molar-refractivity contribution in [2.24, 2.45) is 0 Å². The molecule has 7 nitrogen and oxygen atoms in total. The van der Waals surface area contributed by atoms with Crippen molar-refractivity contribution < 1.29 is 19.8 Å². The number of anilines is 2. The van der Waals surface area contributed by atoms with Gasteiger partial charge in [0.1, 0.15) is 5.82 Å². The summed E-state index contributed by atoms with van der Waals surface area (Å²) in [6.45, 7) is 3.97. The van der Waals surface area contributed by atoms with Gasteiger partial charge < -0.3 is 15.5 Å². The van der Waals surface area contributed by atoms with Crippen molar-refractivity contribution in [3.63, 3.8) is 0 Å². The standard InChI is InChI=1S/C22H21N3O4S/c1-3-17-13(2)23-22(18-10-8-16(30-18)9-11-19(26)27)25-21(17)24-15-6-4-14(5-7-15)12-20(28)29/h4-11H,3,12H2,1-2H3,(H,26,27)(H,28,29)(H,23,24,25). The van der Waals surface area contributed by atoms with Gasteiger partial charge in [0.25, 0.3) is 0 Å². The number of nitrogens with one attached hydrogen (secondary N) is 1. The number of carboxylic acids is 2. The van der Waals surface area contributed by atoms with E-state index in [9.17, 15) is 9.59 Å². The second-order valence-corrected chi connectivity index (χ2v) is 7.69. The number of hydrogen-bond acceptors (Lipinski definition) is 6. The molecule has 3 rings (SSSR count). The maximum Gasteiger partial charge on any atom is 0.328 e. The van der Waals surface area contributed by atoms with E-state index in [1.807, 2.05) is 38.1 Å². The number of nitrogens with zero attached hydrogens (tertiary/aromatic N) is 2. The van der Waals surface area contributed by atoms with Gasteiger partial charge in [-0.2, -0.15) is 0 Å². The SMILES string of the molecule is CCc1c(C)nc(-c2ccc(C=CC(=O)O)s2)nc1Nc1ccc(CC(=O)O)cc1. The van der Waals surface area contributed by atoms with Crippen LogP contribution < -0.4 is 5.32 Å². The first-order chi connectivity index (χ1) is 14.4. The Bertz CT molecular complexity index is 1100. The Hall–Kier alpha value is -3.52. The normalized spacial score (nSPS) is 11.0. The third-order valence-corrected chi connectivity index (χ3v) is 5.42. The minimum Gasteiger partial charge on any atom is -0.481 e. The van der Waals surface area contributed by atoms with Crippen molar-refractivity contribution in [1.29, 1.82) is 0 Å². The quantitative estimate of drug-likeness (QED) is 0.456. The highest BCUT2D eigenvalue weighted by atomic mass is 32.1. The molecular weight excluding hydrogens is 402 g/mol. The smallest absolute Gasteiger partial charge is 0.328 e. The third-order valence-electron chi connectivity index (χ3n) is 4.38. The highest BCUT2D eigenvalue weighted by Gasteiger charge is 2.13. The topological polar surface area (TPSA) is 112 Å². The van der Waals surface area contributed by atoms with Crippen LogP contribution in [0.15, 0.2) is 42.5 Å². The van der Waals surface area contributed by atoms with Crippen LogP contribution in [0.3, 0.4) is 0 Å². The fourth-order valence-corrected chi connectivity index (χ4v) is 3.81. The van der Waals surface area contributed by atoms with Crippen molar-refractivity contribution >= 4 is 40.9 Å². The second kappa shape index (κ2) is 9.32. The number of aliphatic carboxylic acids is 2. The fourth-order valence-electron chi connectivity index (χ4n) is 2.97. The highest BCUT2D eigenvalue weighted by Crippen LogP contribution is 2.30. The molecule has 3 N–H and O–H groups in total. The van der Waals surface area contributed by atoms with E-state index in [-0.39, 0.29) is 6.42 Å². The van der Waals surface area contributed by atoms with Gasteiger partial charge in [0.15, 0.2) is 5.82 Å². The van der Waals surface area contributed by atoms with Crippen LogP contribution in [-0.2, 0) is 22.4 Å². The fraction of sp³-hybridized carbons (Fsp3) is 0.182. The molecule has 0 saturated carbocycles. The first kappa shape index (κ1) is 21.2. The average molecular weight is 423 g/mol. The largest absolute Gasteiger partial charge is 0.481 e. The van der Waals surface area contributed by atoms with Gasteiger partial charge in [0.05, 0.1) is 11.3 Å². The van der Waals surface area contributed by atoms with E-state index >= 15 is 0 Å². The van der Waals surface area contributed by atoms with Crippen LogP contribution in [0.4, 0.5) is 11.5 Å². The zero-order chi connectivity index (χ0) is 21.7. The van der Waals surface area contributed by atoms with Crippen LogP contribution in [0.2, 0.25) is 0 Å². The lowest BCUT2D eigenvalue weighted by Gasteiger charge is -2.14. The maximum absolute atomic E-state index is 10.8. The van der Waals surface area contributed by atoms with Crippen molar-refractivity contribution in [2.45, 2.75) is 26.7 Å². The highest BCUT2D eigenvalue weighted by molar-refractivity contribution is 7.16. The summed E-state index contributed by atoms with van der Waals surface area (Å²) in [4.78, 5) is 32.5. The Balaban J connectivity index is 1.90. The van der Waals surface area contributed by atoms with E-state index in [1.165, 1.54) is 11.3 Å². The summed E-state index contributed by atoms with van der Waals surface area (Å²) in [6.07, 6.45) is 3.38. The summed E-state index contributed by atoms with van der Waals surface area (Å²) in [5.74, 6) is -0.601. The van der Waals surface area contributed by atoms with E-state index in [2.05, 4.69) is 10.3 Å². The second-order valence-electron chi connectivity index (χ2n) is 6.58. The molecule has 1 aromatic carbocycles. The summed E-state index contributed by atoms with van der Waals surface area (Å²) in [5.41, 5.74) is 3.39. The summed E-state index contributed by atoms with van der Waals surface area (Å²) < 4.78 is 0. The summed E-state index contributed by atoms with van der Waals surface area (Å²) in [5, 5.41) is 21.0. The molecule has 0 fully saturated rings. The van der Waals surface area contributed by atoms with Crippen LogP contribution in [0.5, 0.6) is 0 Å². The Morgan fingerprint density at radius 1 is 1.10 bits per heavy atom. The van der Waals surface area contributed by atoms with E-state index in [4.69, 9.17) is 15.2 Å². The molecule has 0 bridgehead atoms. The minimum absolute atomic E-state index is 0.0196. The van der Waals surface area contributed by atoms with E-state index in [1.54, 1.807) is 18.2 Å². The van der Waals surface area contributed by atoms with Crippen LogP contribution in [-0.4, -0.2) is 32.1 Å². The van der Waals surface area contributed by atoms with E-state index in [0.717, 1.165) is 44.8 Å². The number of rotatable bonds is 8. The molecule has 0 aliphatic carbocycles. The molecule has 2 aromatic heterocycles. The number of carbonyl (C=O) groups is 2. The molecule has 8 heteroatoms. The monoisotopic (exact) mass is 423 g/mol. The first-order valence-corrected chi connectivity index (χ1v) is 10.1. The molecule has 154 valence electrons. The zero-order valence-electron chi connectivity index (χ0n) is 16.5. The molecule has 0 amide bonds. The Kier molecular flexibility index (Phi) is 6.58. The van der Waals surface area contributed by atoms with Crippen LogP contribution in [0, 0.1) is 6.92 Å². The van der Waals surface area contributed by atoms with Crippen molar-refractivity contribution in [2.75, 3.05) is 5.32 Å². The number of benzene rings is 1. The minimum atomic E-state index is -0.995. The molecule has 0 saturated heterocycles. The van der Waals surface area contributed by atoms with Gasteiger partial charge >= 0.3 is 11.9 Å². The zero-order valence-corrected chi connectivity index (χ0v) is 17.4. The summed E-state index contributed by atoms with van der Waals surface area (Å²) in [6, 6.07) is 10.9. The average Bonchev–Trinajstić information content (AvgIpc) is 3.16. The van der Waals surface area contributed by atoms with Gasteiger partial charge in [-0.25, -0.2) is 14.8 Å². The number of aromatic nitrogens is 2. The molecule has 30 heavy (non-hydrogen) atoms. The molecule has 0 aliphatic rings. The number of aryl methyl sites for hydroxylation is 1. The molecular formula is C22H21N3O4S. The number of thiophene rings is 1. The van der Waals surface area contributed by atoms with Gasteiger partial charge in [0.2, 0.25) is 0 Å². The lowest BCUT2D eigenvalue weighted by atomic mass is 10.1. The predicted octanol–water partition coefficient (Wildman–Crippen LogP) is 4.54. The molecule has 0 spiro atoms. The third kappa shape index (κ3) is 5.30. The van der Waals surface area contributed by atoms with Crippen LogP contribution >= 0.6 is 11.3 Å². The first-order valence-electron chi connectivity index (χ1n) is 9.32. The molecule has 3 aromatic rings. The van der Waals surface area contributed by atoms with Crippen molar-refractivity contribution in [1.82, 2.24) is 9.97 Å². The lowest BCUT2D eigenvalue weighted by Crippen LogP contribution is -2.05. The Morgan fingerprint density at radius 3 is 2.47 bits per heavy atom. The molecule has 2 heterocycles. The van der Waals surface area contributed by atoms with Crippen molar-refractivity contribution in [3.05, 3.63) is 64.2 Å². The van der Waals surface area contributed by atoms with Gasteiger partial charge in [-0.1, -0.05) is 19.1 Å². The van der Waals surface area contributed by atoms with Crippen LogP contribution in [0.25, 0.3) is 16.8 Å². The molecule has 0 aliphatic heterocycles. The maximum atomic E-state index is 10.8. The molecule has 0 radical (unpaired) electrons. The van der Waals surface area contributed by atoms with Gasteiger partial charge in [-0.15, -0.1) is 11.3 Å². The Labute approximate surface area is 177 Å². The van der Waals surface area contributed by atoms with E-state index in [0.29, 0.717) is 11.6 Å². The Morgan fingerprint density at radius 2 is 1.83 bits per heavy atom. The van der Waals surface area contributed by atoms with Gasteiger partial charge in [-0.3, -0.25) is 4.79 Å². The number of hydrogen-bond donors (Lipinski definition) is 3. The predicted molar refractivity (Wildman–Crippen MR) is 117 cm³/mol. The summed E-state index contributed by atoms with van der Waals surface area (Å²) >= 11 is 1.41. The van der Waals surface area contributed by atoms with E-state index < -0.39 is 11.9 Å². The van der Waals surface area contributed by atoms with Crippen LogP contribution in [0.1, 0.15) is 28.6 Å². The van der Waals surface area contributed by atoms with Gasteiger partial charge in [-0.05, 0) is 49.2 Å². The number of carboxylic acid groups (broad SMARTS) is 2. The molecule has 0 unspecified atom stereocenters.